The van der Waals surface area contributed by atoms with E-state index in [0.717, 1.165) is 278 Å². The summed E-state index contributed by atoms with van der Waals surface area (Å²) in [5.74, 6) is 1.33. The predicted octanol–water partition coefficient (Wildman–Crippen LogP) is 31.0. The van der Waals surface area contributed by atoms with Crippen molar-refractivity contribution in [1.29, 1.82) is 0 Å². The molecule has 12 nitrogen and oxygen atoms in total. The third kappa shape index (κ3) is 19.1. The van der Waals surface area contributed by atoms with Crippen molar-refractivity contribution in [3.8, 4) is 60.6 Å². The van der Waals surface area contributed by atoms with Gasteiger partial charge in [-0.2, -0.15) is 0 Å². The van der Waals surface area contributed by atoms with E-state index in [1.807, 2.05) is 47.6 Å². The minimum Gasteiger partial charge on any atom is -0.306 e. The van der Waals surface area contributed by atoms with Crippen LogP contribution in [0.2, 0.25) is 0 Å². The number of hydrogen-bond acceptors (Lipinski definition) is 15. The van der Waals surface area contributed by atoms with Crippen LogP contribution in [-0.4, -0.2) is 104 Å². The van der Waals surface area contributed by atoms with Gasteiger partial charge in [0.25, 0.3) is 35.4 Å². The van der Waals surface area contributed by atoms with Crippen LogP contribution in [0.1, 0.15) is 266 Å². The van der Waals surface area contributed by atoms with Crippen LogP contribution in [-0.2, 0) is 28.8 Å². The molecule has 0 radical (unpaired) electrons. The predicted molar refractivity (Wildman–Crippen MR) is 551 cm³/mol. The average molecular weight is 1890 g/mol. The number of benzene rings is 1. The van der Waals surface area contributed by atoms with Crippen molar-refractivity contribution in [2.75, 3.05) is 39.3 Å². The summed E-state index contributed by atoms with van der Waals surface area (Å²) >= 11 is 15.1. The van der Waals surface area contributed by atoms with Gasteiger partial charge >= 0.3 is 0 Å². The van der Waals surface area contributed by atoms with E-state index in [9.17, 15) is 0 Å². The van der Waals surface area contributed by atoms with E-state index in [-0.39, 0.29) is 53.2 Å². The van der Waals surface area contributed by atoms with Gasteiger partial charge in [0.1, 0.15) is 0 Å². The zero-order valence-corrected chi connectivity index (χ0v) is 84.7. The zero-order chi connectivity index (χ0) is 90.3. The Morgan fingerprint density at radius 3 is 0.558 bits per heavy atom. The van der Waals surface area contributed by atoms with E-state index in [1.165, 1.54) is 0 Å². The number of carbonyl (C=O) groups excluding carboxylic acids is 6. The van der Waals surface area contributed by atoms with Gasteiger partial charge in [0.2, 0.25) is 0 Å². The topological polar surface area (TPSA) is 122 Å². The Kier molecular flexibility index (Phi) is 31.2. The molecule has 15 heterocycles. The van der Waals surface area contributed by atoms with Gasteiger partial charge in [-0.15, -0.1) is 102 Å². The van der Waals surface area contributed by atoms with Crippen molar-refractivity contribution in [1.82, 2.24) is 29.4 Å². The maximum absolute atomic E-state index is 15.6. The summed E-state index contributed by atoms with van der Waals surface area (Å²) in [7, 11) is 0. The van der Waals surface area contributed by atoms with E-state index in [4.69, 9.17) is 0 Å². The molecule has 0 fully saturated rings. The third-order valence-electron chi connectivity index (χ3n) is 27.6. The van der Waals surface area contributed by atoms with Crippen LogP contribution in [0, 0.1) is 35.5 Å². The summed E-state index contributed by atoms with van der Waals surface area (Å²) in [6.07, 6.45) is 24.7. The highest BCUT2D eigenvalue weighted by Crippen LogP contribution is 2.56. The van der Waals surface area contributed by atoms with Gasteiger partial charge in [-0.05, 0) is 216 Å². The zero-order valence-electron chi connectivity index (χ0n) is 77.3. The molecular weight excluding hydrogens is 1770 g/mol. The molecule has 6 aliphatic heterocycles. The van der Waals surface area contributed by atoms with Gasteiger partial charge in [0.05, 0.1) is 96.9 Å². The molecule has 0 N–H and O–H groups in total. The summed E-state index contributed by atoms with van der Waals surface area (Å²) < 4.78 is 0. The van der Waals surface area contributed by atoms with Crippen LogP contribution >= 0.6 is 102 Å². The Balaban J connectivity index is 0.790. The smallest absolute Gasteiger partial charge is 0.261 e. The molecule has 0 saturated carbocycles. The van der Waals surface area contributed by atoms with Crippen molar-refractivity contribution in [2.24, 2.45) is 35.5 Å². The first-order valence-electron chi connectivity index (χ1n) is 48.2. The first kappa shape index (κ1) is 94.0. The fourth-order valence-corrected chi connectivity index (χ4v) is 28.6. The van der Waals surface area contributed by atoms with Crippen LogP contribution in [0.25, 0.3) is 94.8 Å². The van der Waals surface area contributed by atoms with Crippen molar-refractivity contribution < 1.29 is 28.8 Å². The molecule has 0 bridgehead atoms. The largest absolute Gasteiger partial charge is 0.306 e. The lowest BCUT2D eigenvalue weighted by molar-refractivity contribution is -0.124. The number of nitrogens with zero attached hydrogens (tertiary/aromatic N) is 6. The van der Waals surface area contributed by atoms with Gasteiger partial charge in [-0.25, -0.2) is 0 Å². The quantitative estimate of drug-likeness (QED) is 0.0374. The maximum atomic E-state index is 15.6. The Morgan fingerprint density at radius 1 is 0.217 bits per heavy atom. The minimum absolute atomic E-state index is 0.0665. The summed E-state index contributed by atoms with van der Waals surface area (Å²) in [5, 5.41) is 6.17. The molecule has 6 amide bonds. The van der Waals surface area contributed by atoms with Crippen LogP contribution in [0.5, 0.6) is 0 Å². The summed E-state index contributed by atoms with van der Waals surface area (Å²) in [5.41, 5.74) is 11.1. The Labute approximate surface area is 801 Å². The third-order valence-corrected chi connectivity index (χ3v) is 37.5. The van der Waals surface area contributed by atoms with Crippen LogP contribution in [0.3, 0.4) is 0 Å². The standard InChI is InChI=1S/C108H126N6O6S9/c1-13-25-34-67(19-7)61-109-97(85-40-31-55-121-85)91-94(106(109)118)100(112(103(91)115)64-70(22-10)37-28-16-4)88-52-49-82(127-88)79-46-43-76(124-79)73-58-74(77-44-47-80(125-77)83-50-53-89(128-83)101-95-92(104(116)113(101)65-71(23-11)38-29-17-5)98(86-41-32-56-122-86)110(107(95)119)62-68(20-8)35-26-14-2)60-75(59-73)78-45-48-81(126-78)84-51-54-90(129-84)102-96-93(105(117)114(102)66-72(24-12)39-30-18-6)99(87-42-33-57-123-87)111(108(96)120)63-69(21-9)36-27-15-3/h31-33,40-60,67-72H,13-30,34-39,61-66H2,1-12H3. The molecule has 6 unspecified atom stereocenters. The van der Waals surface area contributed by atoms with E-state index in [2.05, 4.69) is 208 Å². The minimum atomic E-state index is -0.0665. The fraction of sp³-hybridized carbons (Fsp3) is 0.444. The van der Waals surface area contributed by atoms with Crippen molar-refractivity contribution >= 4 is 172 Å². The lowest BCUT2D eigenvalue weighted by Crippen LogP contribution is -2.34. The molecular formula is C108H126N6O6S9. The number of hydrogen-bond donors (Lipinski definition) is 0. The SMILES string of the molecule is CCCCC(CC)CN1C(=O)C2=C(c3ccc(-c4ccc(-c5cc(-c6ccc(-c7ccc(C8=C9C(=O)N(CC(CC)CCCC)C(c%10cccs%10)=C9C(=O)N8CC(CC)CCCC)s7)s6)cc(-c6ccc(-c7ccc(C8=C9C(=O)N(CC(CC)CCCC)C(c%10cccs%10)=C9C(=O)N8CC(CC)CCCC)s7)s6)c5)s4)s3)N(CC(CC)CCCC)C(=O)C2=C1c1cccs1. The molecule has 6 aliphatic rings. The van der Waals surface area contributed by atoms with Gasteiger partial charge < -0.3 is 29.4 Å². The van der Waals surface area contributed by atoms with Gasteiger partial charge in [0, 0.05) is 83.2 Å². The fourth-order valence-electron chi connectivity index (χ4n) is 19.8. The second-order valence-corrected chi connectivity index (χ2v) is 45.4. The maximum Gasteiger partial charge on any atom is 0.261 e. The number of rotatable bonds is 48. The number of unbranched alkanes of at least 4 members (excludes halogenated alkanes) is 6. The molecule has 0 spiro atoms. The lowest BCUT2D eigenvalue weighted by atomic mass is 9.98. The molecule has 1 aromatic carbocycles. The highest BCUT2D eigenvalue weighted by Gasteiger charge is 2.54. The number of fused-ring (bicyclic) bond motifs is 3. The molecule has 6 atom stereocenters. The summed E-state index contributed by atoms with van der Waals surface area (Å²) in [4.78, 5) is 121. The van der Waals surface area contributed by atoms with Crippen molar-refractivity contribution in [3.63, 3.8) is 0 Å². The molecule has 0 aliphatic carbocycles. The normalized spacial score (nSPS) is 16.9. The molecule has 10 aromatic rings. The molecule has 21 heteroatoms. The Morgan fingerprint density at radius 2 is 0.388 bits per heavy atom. The van der Waals surface area contributed by atoms with Gasteiger partial charge in [0.15, 0.2) is 0 Å². The molecule has 0 saturated heterocycles. The van der Waals surface area contributed by atoms with Gasteiger partial charge in [-0.3, -0.25) is 28.8 Å². The molecule has 16 rings (SSSR count). The van der Waals surface area contributed by atoms with Gasteiger partial charge in [-0.1, -0.05) is 217 Å². The van der Waals surface area contributed by atoms with E-state index in [0.29, 0.717) is 90.5 Å². The lowest BCUT2D eigenvalue weighted by Gasteiger charge is -2.29. The molecule has 9 aromatic heterocycles. The van der Waals surface area contributed by atoms with E-state index >= 15 is 28.8 Å². The van der Waals surface area contributed by atoms with Crippen LogP contribution < -0.4 is 0 Å². The number of thiophene rings is 9. The number of amides is 6. The molecule has 129 heavy (non-hydrogen) atoms. The first-order valence-corrected chi connectivity index (χ1v) is 55.8. The molecule has 678 valence electrons. The summed E-state index contributed by atoms with van der Waals surface area (Å²) in [6.45, 7) is 30.1. The monoisotopic (exact) mass is 1890 g/mol. The average Bonchev–Trinajstić information content (AvgIpc) is 1.56. The number of carbonyl (C=O) groups is 6. The Hall–Kier alpha value is -8.22. The summed E-state index contributed by atoms with van der Waals surface area (Å²) in [6, 6.07) is 45.9. The van der Waals surface area contributed by atoms with E-state index in [1.54, 1.807) is 102 Å². The highest BCUT2D eigenvalue weighted by molar-refractivity contribution is 7.26. The van der Waals surface area contributed by atoms with Crippen molar-refractivity contribution in [2.45, 2.75) is 237 Å². The van der Waals surface area contributed by atoms with Crippen molar-refractivity contribution in [3.05, 3.63) is 206 Å². The second-order valence-electron chi connectivity index (χ2n) is 36.0. The van der Waals surface area contributed by atoms with Crippen LogP contribution in [0.15, 0.2) is 177 Å². The van der Waals surface area contributed by atoms with Crippen LogP contribution in [0.4, 0.5) is 0 Å². The first-order chi connectivity index (χ1) is 62.9. The highest BCUT2D eigenvalue weighted by atomic mass is 32.1. The second kappa shape index (κ2) is 42.8. The Bertz CT molecular complexity index is 5320. The van der Waals surface area contributed by atoms with E-state index < -0.39 is 0 Å².